The third-order valence-corrected chi connectivity index (χ3v) is 5.24. The van der Waals surface area contributed by atoms with Gasteiger partial charge in [0.1, 0.15) is 0 Å². The molecule has 0 nitrogen and oxygen atoms in total. The number of hydrogen-bond acceptors (Lipinski definition) is 0. The number of aryl methyl sites for hydroxylation is 4. The maximum Gasteiger partial charge on any atom is -0.00854 e. The number of hydrogen-bond donors (Lipinski definition) is 0. The zero-order chi connectivity index (χ0) is 15.1. The van der Waals surface area contributed by atoms with E-state index in [1.807, 2.05) is 0 Å². The van der Waals surface area contributed by atoms with Crippen molar-refractivity contribution >= 4 is 12.2 Å². The topological polar surface area (TPSA) is 0 Å². The van der Waals surface area contributed by atoms with E-state index in [1.165, 1.54) is 44.5 Å². The molecule has 0 radical (unpaired) electrons. The Morgan fingerprint density at radius 2 is 1.14 bits per heavy atom. The predicted octanol–water partition coefficient (Wildman–Crippen LogP) is 5.23. The number of allylic oxidation sites excluding steroid dienone is 2. The summed E-state index contributed by atoms with van der Waals surface area (Å²) in [4.78, 5) is 0. The minimum atomic E-state index is 1.11. The smallest absolute Gasteiger partial charge is 0.00854 e. The average Bonchev–Trinajstić information content (AvgIpc) is 3.18. The third kappa shape index (κ3) is 2.14. The fourth-order valence-electron chi connectivity index (χ4n) is 3.90. The molecule has 0 heterocycles. The van der Waals surface area contributed by atoms with Crippen molar-refractivity contribution in [3.63, 3.8) is 0 Å². The van der Waals surface area contributed by atoms with Crippen LogP contribution in [0.25, 0.3) is 12.2 Å². The van der Waals surface area contributed by atoms with Gasteiger partial charge in [-0.1, -0.05) is 48.6 Å². The molecule has 4 rings (SSSR count). The molecule has 0 saturated heterocycles. The predicted molar refractivity (Wildman–Crippen MR) is 95.2 cm³/mol. The normalized spacial score (nSPS) is 14.5. The van der Waals surface area contributed by atoms with Crippen LogP contribution in [0.15, 0.2) is 36.4 Å². The second kappa shape index (κ2) is 5.28. The Bertz CT molecular complexity index is 734. The van der Waals surface area contributed by atoms with Crippen LogP contribution in [0.3, 0.4) is 0 Å². The van der Waals surface area contributed by atoms with Crippen LogP contribution in [-0.4, -0.2) is 0 Å². The molecule has 0 fully saturated rings. The Hall–Kier alpha value is -2.08. The highest BCUT2D eigenvalue weighted by Crippen LogP contribution is 2.30. The maximum absolute atomic E-state index is 2.33. The molecule has 0 unspecified atom stereocenters. The number of fused-ring (bicyclic) bond motifs is 2. The van der Waals surface area contributed by atoms with Crippen LogP contribution in [0.4, 0.5) is 0 Å². The minimum Gasteiger partial charge on any atom is -0.0795 e. The Balaban J connectivity index is 1.63. The lowest BCUT2D eigenvalue weighted by Gasteiger charge is -2.13. The molecule has 2 aliphatic rings. The minimum absolute atomic E-state index is 1.11. The molecule has 110 valence electrons. The van der Waals surface area contributed by atoms with E-state index >= 15 is 0 Å². The largest absolute Gasteiger partial charge is 0.0795 e. The van der Waals surface area contributed by atoms with Gasteiger partial charge in [-0.05, 0) is 84.0 Å². The summed E-state index contributed by atoms with van der Waals surface area (Å²) in [7, 11) is 0. The summed E-state index contributed by atoms with van der Waals surface area (Å²) >= 11 is 0. The van der Waals surface area contributed by atoms with Crippen molar-refractivity contribution in [1.82, 2.24) is 0 Å². The summed E-state index contributed by atoms with van der Waals surface area (Å²) in [6, 6.07) is 9.24. The van der Waals surface area contributed by atoms with E-state index in [0.29, 0.717) is 0 Å². The molecule has 0 saturated carbocycles. The van der Waals surface area contributed by atoms with Gasteiger partial charge in [0.05, 0.1) is 0 Å². The van der Waals surface area contributed by atoms with Crippen molar-refractivity contribution in [3.05, 3.63) is 80.9 Å². The monoisotopic (exact) mass is 286 g/mol. The first-order valence-electron chi connectivity index (χ1n) is 8.30. The quantitative estimate of drug-likeness (QED) is 0.725. The van der Waals surface area contributed by atoms with E-state index in [-0.39, 0.29) is 0 Å². The highest BCUT2D eigenvalue weighted by molar-refractivity contribution is 5.67. The molecule has 0 aromatic heterocycles. The first-order valence-corrected chi connectivity index (χ1v) is 8.30. The Morgan fingerprint density at radius 3 is 1.59 bits per heavy atom. The molecule has 0 bridgehead atoms. The molecule has 2 aliphatic carbocycles. The fraction of sp³-hybridized carbons (Fsp3) is 0.273. The van der Waals surface area contributed by atoms with Crippen LogP contribution in [0.2, 0.25) is 0 Å². The Kier molecular flexibility index (Phi) is 3.26. The van der Waals surface area contributed by atoms with Gasteiger partial charge in [-0.2, -0.15) is 0 Å². The SMILES string of the molecule is Cc1ccc(CCc2ccc(C)c3c2C=CC3)c2c1CC=C2. The molecule has 0 heteroatoms. The maximum atomic E-state index is 2.33. The molecule has 2 aromatic carbocycles. The molecule has 0 amide bonds. The molecule has 0 spiro atoms. The molecule has 0 aliphatic heterocycles. The van der Waals surface area contributed by atoms with E-state index < -0.39 is 0 Å². The summed E-state index contributed by atoms with van der Waals surface area (Å²) in [5, 5.41) is 0. The lowest BCUT2D eigenvalue weighted by Crippen LogP contribution is -2.00. The van der Waals surface area contributed by atoms with Gasteiger partial charge in [0, 0.05) is 0 Å². The van der Waals surface area contributed by atoms with Crippen molar-refractivity contribution in [3.8, 4) is 0 Å². The van der Waals surface area contributed by atoms with Gasteiger partial charge < -0.3 is 0 Å². The van der Waals surface area contributed by atoms with Gasteiger partial charge in [0.2, 0.25) is 0 Å². The molecule has 22 heavy (non-hydrogen) atoms. The van der Waals surface area contributed by atoms with Crippen LogP contribution < -0.4 is 0 Å². The van der Waals surface area contributed by atoms with Gasteiger partial charge in [0.15, 0.2) is 0 Å². The molecular formula is C22H22. The second-order valence-electron chi connectivity index (χ2n) is 6.58. The van der Waals surface area contributed by atoms with E-state index in [9.17, 15) is 0 Å². The van der Waals surface area contributed by atoms with Gasteiger partial charge in [-0.15, -0.1) is 0 Å². The third-order valence-electron chi connectivity index (χ3n) is 5.24. The summed E-state index contributed by atoms with van der Waals surface area (Å²) in [6.45, 7) is 4.46. The van der Waals surface area contributed by atoms with Crippen LogP contribution in [-0.2, 0) is 25.7 Å². The Labute approximate surface area is 133 Å². The van der Waals surface area contributed by atoms with Crippen molar-refractivity contribution in [1.29, 1.82) is 0 Å². The molecule has 2 aromatic rings. The van der Waals surface area contributed by atoms with Crippen molar-refractivity contribution in [2.24, 2.45) is 0 Å². The van der Waals surface area contributed by atoms with E-state index in [4.69, 9.17) is 0 Å². The van der Waals surface area contributed by atoms with Crippen LogP contribution in [0.5, 0.6) is 0 Å². The van der Waals surface area contributed by atoms with Crippen LogP contribution in [0, 0.1) is 13.8 Å². The van der Waals surface area contributed by atoms with Gasteiger partial charge in [-0.3, -0.25) is 0 Å². The molecule has 0 atom stereocenters. The van der Waals surface area contributed by atoms with E-state index in [2.05, 4.69) is 62.4 Å². The summed E-state index contributed by atoms with van der Waals surface area (Å²) in [6.07, 6.45) is 13.7. The van der Waals surface area contributed by atoms with Crippen LogP contribution >= 0.6 is 0 Å². The first-order chi connectivity index (χ1) is 10.7. The van der Waals surface area contributed by atoms with Gasteiger partial charge in [-0.25, -0.2) is 0 Å². The highest BCUT2D eigenvalue weighted by Gasteiger charge is 2.15. The number of benzene rings is 2. The average molecular weight is 286 g/mol. The van der Waals surface area contributed by atoms with Crippen molar-refractivity contribution < 1.29 is 0 Å². The molecular weight excluding hydrogens is 264 g/mol. The lowest BCUT2D eigenvalue weighted by molar-refractivity contribution is 0.946. The van der Waals surface area contributed by atoms with Crippen molar-refractivity contribution in [2.45, 2.75) is 39.5 Å². The van der Waals surface area contributed by atoms with Gasteiger partial charge in [0.25, 0.3) is 0 Å². The summed E-state index contributed by atoms with van der Waals surface area (Å²) in [5.74, 6) is 0. The summed E-state index contributed by atoms with van der Waals surface area (Å²) < 4.78 is 0. The fourth-order valence-corrected chi connectivity index (χ4v) is 3.90. The lowest BCUT2D eigenvalue weighted by atomic mass is 9.91. The highest BCUT2D eigenvalue weighted by atomic mass is 14.2. The standard InChI is InChI=1S/C22H22/c1-15-9-11-17(21-7-3-5-19(15)21)13-14-18-12-10-16(2)20-6-4-8-22(18)20/h3-4,7-12H,5-6,13-14H2,1-2H3. The zero-order valence-corrected chi connectivity index (χ0v) is 13.4. The molecule has 0 N–H and O–H groups in total. The van der Waals surface area contributed by atoms with Crippen LogP contribution in [0.1, 0.15) is 44.5 Å². The first kappa shape index (κ1) is 13.6. The van der Waals surface area contributed by atoms with E-state index in [0.717, 1.165) is 25.7 Å². The Morgan fingerprint density at radius 1 is 0.682 bits per heavy atom. The second-order valence-corrected chi connectivity index (χ2v) is 6.58. The van der Waals surface area contributed by atoms with Gasteiger partial charge >= 0.3 is 0 Å². The van der Waals surface area contributed by atoms with Crippen molar-refractivity contribution in [2.75, 3.05) is 0 Å². The number of rotatable bonds is 3. The summed E-state index contributed by atoms with van der Waals surface area (Å²) in [5.41, 5.74) is 11.9. The van der Waals surface area contributed by atoms with E-state index in [1.54, 1.807) is 0 Å². The zero-order valence-electron chi connectivity index (χ0n) is 13.4.